The monoisotopic (exact) mass is 190 g/mol. The minimum Gasteiger partial charge on any atom is -0.425 e. The molecule has 0 unspecified atom stereocenters. The third-order valence-corrected chi connectivity index (χ3v) is 2.36. The number of carbonyl (C=O) groups is 2. The zero-order chi connectivity index (χ0) is 10.3. The highest BCUT2D eigenvalue weighted by atomic mass is 16.5. The van der Waals surface area contributed by atoms with Crippen LogP contribution in [0.25, 0.3) is 0 Å². The second-order valence-electron chi connectivity index (χ2n) is 3.51. The Balaban J connectivity index is 2.57. The van der Waals surface area contributed by atoms with E-state index in [1.807, 2.05) is 13.0 Å². The van der Waals surface area contributed by atoms with Crippen LogP contribution in [0, 0.1) is 12.8 Å². The number of Topliss-reactive ketones (excluding diaryl/α,β-unsaturated/α-hetero) is 1. The Morgan fingerprint density at radius 3 is 2.71 bits per heavy atom. The highest BCUT2D eigenvalue weighted by molar-refractivity contribution is 6.13. The quantitative estimate of drug-likeness (QED) is 0.355. The van der Waals surface area contributed by atoms with Gasteiger partial charge in [-0.1, -0.05) is 11.6 Å². The first-order valence-corrected chi connectivity index (χ1v) is 4.46. The molecule has 3 heteroatoms. The van der Waals surface area contributed by atoms with E-state index in [0.29, 0.717) is 11.3 Å². The van der Waals surface area contributed by atoms with Crippen molar-refractivity contribution < 1.29 is 14.3 Å². The zero-order valence-electron chi connectivity index (χ0n) is 8.03. The van der Waals surface area contributed by atoms with E-state index in [9.17, 15) is 9.59 Å². The lowest BCUT2D eigenvalue weighted by atomic mass is 9.95. The Labute approximate surface area is 81.7 Å². The van der Waals surface area contributed by atoms with E-state index in [1.165, 1.54) is 0 Å². The van der Waals surface area contributed by atoms with Gasteiger partial charge in [-0.25, -0.2) is 0 Å². The van der Waals surface area contributed by atoms with Crippen LogP contribution in [0.4, 0.5) is 0 Å². The van der Waals surface area contributed by atoms with Crippen molar-refractivity contribution in [2.24, 2.45) is 5.92 Å². The van der Waals surface area contributed by atoms with Gasteiger partial charge >= 0.3 is 5.97 Å². The average molecular weight is 190 g/mol. The fourth-order valence-corrected chi connectivity index (χ4v) is 1.46. The van der Waals surface area contributed by atoms with Crippen LogP contribution in [-0.4, -0.2) is 11.8 Å². The highest BCUT2D eigenvalue weighted by Crippen LogP contribution is 2.28. The lowest BCUT2D eigenvalue weighted by Gasteiger charge is -2.19. The van der Waals surface area contributed by atoms with E-state index >= 15 is 0 Å². The molecule has 0 bridgehead atoms. The van der Waals surface area contributed by atoms with E-state index in [1.54, 1.807) is 19.1 Å². The van der Waals surface area contributed by atoms with Crippen LogP contribution in [0.3, 0.4) is 0 Å². The Hall–Kier alpha value is -1.64. The third-order valence-electron chi connectivity index (χ3n) is 2.36. The maximum absolute atomic E-state index is 11.7. The summed E-state index contributed by atoms with van der Waals surface area (Å²) < 4.78 is 5.01. The van der Waals surface area contributed by atoms with Gasteiger partial charge in [0.25, 0.3) is 0 Å². The van der Waals surface area contributed by atoms with Gasteiger partial charge in [-0.05, 0) is 26.0 Å². The summed E-state index contributed by atoms with van der Waals surface area (Å²) in [5, 5.41) is 0. The number of hydrogen-bond donors (Lipinski definition) is 0. The molecule has 72 valence electrons. The van der Waals surface area contributed by atoms with Crippen LogP contribution < -0.4 is 4.74 Å². The molecule has 0 N–H and O–H groups in total. The fraction of sp³-hybridized carbons (Fsp3) is 0.273. The van der Waals surface area contributed by atoms with Crippen molar-refractivity contribution in [1.82, 2.24) is 0 Å². The molecule has 1 aliphatic heterocycles. The molecule has 1 aliphatic rings. The van der Waals surface area contributed by atoms with Crippen LogP contribution in [-0.2, 0) is 4.79 Å². The van der Waals surface area contributed by atoms with Crippen molar-refractivity contribution >= 4 is 11.8 Å². The molecule has 1 aromatic rings. The molecular weight excluding hydrogens is 180 g/mol. The van der Waals surface area contributed by atoms with Gasteiger partial charge in [-0.3, -0.25) is 9.59 Å². The molecule has 0 radical (unpaired) electrons. The first-order valence-electron chi connectivity index (χ1n) is 4.46. The molecule has 0 spiro atoms. The summed E-state index contributed by atoms with van der Waals surface area (Å²) in [5.41, 5.74) is 1.50. The van der Waals surface area contributed by atoms with Crippen molar-refractivity contribution in [3.05, 3.63) is 29.3 Å². The van der Waals surface area contributed by atoms with Crippen LogP contribution in [0.1, 0.15) is 22.8 Å². The van der Waals surface area contributed by atoms with Gasteiger partial charge in [-0.2, -0.15) is 0 Å². The van der Waals surface area contributed by atoms with Gasteiger partial charge in [0.05, 0.1) is 5.56 Å². The molecule has 1 heterocycles. The normalized spacial score (nSPS) is 20.3. The van der Waals surface area contributed by atoms with Gasteiger partial charge in [0.1, 0.15) is 11.7 Å². The summed E-state index contributed by atoms with van der Waals surface area (Å²) in [4.78, 5) is 22.9. The van der Waals surface area contributed by atoms with E-state index in [0.717, 1.165) is 5.56 Å². The number of esters is 1. The van der Waals surface area contributed by atoms with Crippen molar-refractivity contribution in [2.45, 2.75) is 13.8 Å². The predicted octanol–water partition coefficient (Wildman–Crippen LogP) is 1.73. The first-order chi connectivity index (χ1) is 6.59. The largest absolute Gasteiger partial charge is 0.425 e. The summed E-state index contributed by atoms with van der Waals surface area (Å²) >= 11 is 0. The Bertz CT molecular complexity index is 421. The van der Waals surface area contributed by atoms with Gasteiger partial charge in [0.15, 0.2) is 5.78 Å². The molecular formula is C11H10O3. The summed E-state index contributed by atoms with van der Waals surface area (Å²) in [6.45, 7) is 3.46. The molecule has 1 atom stereocenters. The summed E-state index contributed by atoms with van der Waals surface area (Å²) in [5.74, 6) is -0.917. The smallest absolute Gasteiger partial charge is 0.321 e. The molecule has 0 amide bonds. The predicted molar refractivity (Wildman–Crippen MR) is 50.3 cm³/mol. The Morgan fingerprint density at radius 2 is 2.00 bits per heavy atom. The van der Waals surface area contributed by atoms with Crippen molar-refractivity contribution in [3.63, 3.8) is 0 Å². The minimum atomic E-state index is -0.677. The topological polar surface area (TPSA) is 43.4 Å². The molecule has 0 aliphatic carbocycles. The summed E-state index contributed by atoms with van der Waals surface area (Å²) in [6, 6.07) is 5.22. The van der Waals surface area contributed by atoms with Crippen LogP contribution in [0.2, 0.25) is 0 Å². The van der Waals surface area contributed by atoms with Gasteiger partial charge < -0.3 is 4.74 Å². The number of ether oxygens (including phenoxy) is 1. The molecule has 2 rings (SSSR count). The minimum absolute atomic E-state index is 0.153. The second-order valence-corrected chi connectivity index (χ2v) is 3.51. The highest BCUT2D eigenvalue weighted by Gasteiger charge is 2.32. The summed E-state index contributed by atoms with van der Waals surface area (Å²) in [7, 11) is 0. The molecule has 1 aromatic carbocycles. The van der Waals surface area contributed by atoms with E-state index in [4.69, 9.17) is 4.74 Å². The number of rotatable bonds is 0. The van der Waals surface area contributed by atoms with Crippen LogP contribution in [0.15, 0.2) is 18.2 Å². The van der Waals surface area contributed by atoms with Crippen molar-refractivity contribution in [1.29, 1.82) is 0 Å². The molecule has 0 fully saturated rings. The number of benzene rings is 1. The number of carbonyl (C=O) groups excluding carboxylic acids is 2. The van der Waals surface area contributed by atoms with Crippen LogP contribution >= 0.6 is 0 Å². The van der Waals surface area contributed by atoms with Gasteiger partial charge in [-0.15, -0.1) is 0 Å². The number of aryl methyl sites for hydroxylation is 1. The molecule has 3 nitrogen and oxygen atoms in total. The van der Waals surface area contributed by atoms with Crippen LogP contribution in [0.5, 0.6) is 5.75 Å². The number of fused-ring (bicyclic) bond motifs is 1. The lowest BCUT2D eigenvalue weighted by molar-refractivity contribution is -0.137. The third kappa shape index (κ3) is 1.21. The average Bonchev–Trinajstić information content (AvgIpc) is 2.16. The fourth-order valence-electron chi connectivity index (χ4n) is 1.46. The number of hydrogen-bond acceptors (Lipinski definition) is 3. The maximum Gasteiger partial charge on any atom is 0.321 e. The Kier molecular flexibility index (Phi) is 1.88. The Morgan fingerprint density at radius 1 is 1.29 bits per heavy atom. The van der Waals surface area contributed by atoms with Crippen molar-refractivity contribution in [2.75, 3.05) is 0 Å². The van der Waals surface area contributed by atoms with Crippen molar-refractivity contribution in [3.8, 4) is 5.75 Å². The standard InChI is InChI=1S/C11H10O3/c1-6-3-4-9-8(5-6)10(12)7(2)11(13)14-9/h3-5,7H,1-2H3/t7-/m1/s1. The molecule has 0 saturated carbocycles. The van der Waals surface area contributed by atoms with E-state index < -0.39 is 11.9 Å². The van der Waals surface area contributed by atoms with E-state index in [-0.39, 0.29) is 5.78 Å². The van der Waals surface area contributed by atoms with E-state index in [2.05, 4.69) is 0 Å². The van der Waals surface area contributed by atoms with Gasteiger partial charge in [0.2, 0.25) is 0 Å². The first kappa shape index (κ1) is 8.94. The van der Waals surface area contributed by atoms with Gasteiger partial charge in [0, 0.05) is 0 Å². The molecule has 14 heavy (non-hydrogen) atoms. The lowest BCUT2D eigenvalue weighted by Crippen LogP contribution is -2.31. The molecule has 0 saturated heterocycles. The molecule has 0 aromatic heterocycles. The second kappa shape index (κ2) is 2.94. The maximum atomic E-state index is 11.7. The number of ketones is 1. The zero-order valence-corrected chi connectivity index (χ0v) is 8.03. The SMILES string of the molecule is Cc1ccc2c(c1)C(=O)[C@@H](C)C(=O)O2. The summed E-state index contributed by atoms with van der Waals surface area (Å²) in [6.07, 6.45) is 0.